The summed E-state index contributed by atoms with van der Waals surface area (Å²) in [6, 6.07) is 8.02. The Morgan fingerprint density at radius 2 is 2.00 bits per heavy atom. The molecule has 0 amide bonds. The monoisotopic (exact) mass is 608 g/mol. The van der Waals surface area contributed by atoms with E-state index in [0.717, 1.165) is 10.9 Å². The predicted molar refractivity (Wildman–Crippen MR) is 138 cm³/mol. The number of carbonyl (C=O) groups excluding carboxylic acids is 1. The van der Waals surface area contributed by atoms with Gasteiger partial charge in [-0.25, -0.2) is 9.78 Å². The topological polar surface area (TPSA) is 126 Å². The Labute approximate surface area is 217 Å². The van der Waals surface area contributed by atoms with Gasteiger partial charge >= 0.3 is 11.7 Å². The van der Waals surface area contributed by atoms with Crippen LogP contribution in [0.3, 0.4) is 0 Å². The predicted octanol–water partition coefficient (Wildman–Crippen LogP) is 5.17. The lowest BCUT2D eigenvalue weighted by Crippen LogP contribution is -2.25. The first-order chi connectivity index (χ1) is 16.6. The van der Waals surface area contributed by atoms with Crippen molar-refractivity contribution < 1.29 is 19.2 Å². The van der Waals surface area contributed by atoms with Crippen LogP contribution in [0.1, 0.15) is 44.5 Å². The number of benzene rings is 2. The van der Waals surface area contributed by atoms with Crippen molar-refractivity contribution in [3.05, 3.63) is 71.1 Å². The van der Waals surface area contributed by atoms with Gasteiger partial charge in [-0.05, 0) is 53.5 Å². The number of esters is 1. The number of hydrogen-bond donors (Lipinski definition) is 0. The molecule has 3 rings (SSSR count). The van der Waals surface area contributed by atoms with Crippen LogP contribution in [0.15, 0.2) is 49.2 Å². The summed E-state index contributed by atoms with van der Waals surface area (Å²) in [6.45, 7) is 5.34. The molecule has 1 heterocycles. The fourth-order valence-corrected chi connectivity index (χ4v) is 4.14. The van der Waals surface area contributed by atoms with Gasteiger partial charge in [0.25, 0.3) is 5.56 Å². The number of halogens is 2. The van der Waals surface area contributed by atoms with Gasteiger partial charge in [-0.15, -0.1) is 0 Å². The van der Waals surface area contributed by atoms with Crippen LogP contribution in [0.2, 0.25) is 0 Å². The maximum atomic E-state index is 13.3. The second-order valence-corrected chi connectivity index (χ2v) is 9.46. The van der Waals surface area contributed by atoms with E-state index in [1.54, 1.807) is 12.1 Å². The molecule has 0 N–H and O–H groups in total. The zero-order chi connectivity index (χ0) is 25.9. The average Bonchev–Trinajstić information content (AvgIpc) is 2.83. The van der Waals surface area contributed by atoms with Crippen molar-refractivity contribution in [2.75, 3.05) is 7.11 Å². The number of hydrogen-bond acceptors (Lipinski definition) is 8. The number of fused-ring (bicyclic) bond motifs is 1. The highest BCUT2D eigenvalue weighted by molar-refractivity contribution is 9.10. The Morgan fingerprint density at radius 3 is 2.63 bits per heavy atom. The van der Waals surface area contributed by atoms with Crippen molar-refractivity contribution in [1.82, 2.24) is 9.66 Å². The average molecular weight is 610 g/mol. The third-order valence-electron chi connectivity index (χ3n) is 5.28. The zero-order valence-corrected chi connectivity index (χ0v) is 22.5. The summed E-state index contributed by atoms with van der Waals surface area (Å²) in [7, 11) is 1.20. The molecule has 184 valence electrons. The first-order valence-electron chi connectivity index (χ1n) is 10.6. The van der Waals surface area contributed by atoms with Crippen molar-refractivity contribution in [3.8, 4) is 5.75 Å². The summed E-state index contributed by atoms with van der Waals surface area (Å²) in [6.07, 6.45) is 1.00. The number of methoxy groups -OCH3 is 1. The van der Waals surface area contributed by atoms with Gasteiger partial charge in [-0.2, -0.15) is 9.78 Å². The molecule has 2 aromatic carbocycles. The molecule has 0 fully saturated rings. The zero-order valence-electron chi connectivity index (χ0n) is 19.3. The molecule has 1 aromatic heterocycles. The maximum absolute atomic E-state index is 13.3. The van der Waals surface area contributed by atoms with E-state index in [0.29, 0.717) is 22.3 Å². The molecule has 12 heteroatoms. The smallest absolute Gasteiger partial charge is 0.346 e. The van der Waals surface area contributed by atoms with Gasteiger partial charge in [-0.1, -0.05) is 29.8 Å². The van der Waals surface area contributed by atoms with Gasteiger partial charge in [0.15, 0.2) is 6.10 Å². The summed E-state index contributed by atoms with van der Waals surface area (Å²) in [5, 5.41) is 16.4. The number of nitro benzene ring substituents is 1. The van der Waals surface area contributed by atoms with E-state index in [9.17, 15) is 19.7 Å². The Balaban J connectivity index is 2.11. The van der Waals surface area contributed by atoms with Crippen LogP contribution in [-0.4, -0.2) is 40.0 Å². The van der Waals surface area contributed by atoms with Crippen molar-refractivity contribution in [2.45, 2.75) is 39.2 Å². The number of rotatable bonds is 8. The Morgan fingerprint density at radius 1 is 1.29 bits per heavy atom. The van der Waals surface area contributed by atoms with Crippen LogP contribution >= 0.6 is 31.9 Å². The largest absolute Gasteiger partial charge is 0.471 e. The number of aromatic nitrogens is 2. The van der Waals surface area contributed by atoms with E-state index in [1.807, 2.05) is 19.9 Å². The summed E-state index contributed by atoms with van der Waals surface area (Å²) in [4.78, 5) is 40.7. The van der Waals surface area contributed by atoms with Crippen molar-refractivity contribution >= 4 is 60.6 Å². The van der Waals surface area contributed by atoms with Crippen molar-refractivity contribution in [2.24, 2.45) is 5.10 Å². The van der Waals surface area contributed by atoms with Crippen LogP contribution in [0.25, 0.3) is 10.9 Å². The normalized spacial score (nSPS) is 13.1. The van der Waals surface area contributed by atoms with E-state index in [4.69, 9.17) is 4.74 Å². The van der Waals surface area contributed by atoms with E-state index >= 15 is 0 Å². The second-order valence-electron chi connectivity index (χ2n) is 7.69. The Kier molecular flexibility index (Phi) is 8.39. The minimum absolute atomic E-state index is 0.0652. The Bertz CT molecular complexity index is 1390. The molecule has 2 atom stereocenters. The standard InChI is InChI=1S/C23H22Br2N4O6/c1-5-12(2)21-27-18-7-6-15(24)10-16(18)22(30)28(21)26-11-14-8-17(25)20(19(9-14)29(32)33)35-13(3)23(31)34-4/h6-13H,5H2,1-4H3/t12-,13+/m0/s1. The third-order valence-corrected chi connectivity index (χ3v) is 6.36. The van der Waals surface area contributed by atoms with Crippen molar-refractivity contribution in [3.63, 3.8) is 0 Å². The van der Waals surface area contributed by atoms with E-state index in [-0.39, 0.29) is 27.4 Å². The molecule has 0 saturated carbocycles. The fraction of sp³-hybridized carbons (Fsp3) is 0.304. The summed E-state index contributed by atoms with van der Waals surface area (Å²) in [5.74, 6) is -0.391. The lowest BCUT2D eigenvalue weighted by molar-refractivity contribution is -0.386. The lowest BCUT2D eigenvalue weighted by atomic mass is 10.1. The number of nitro groups is 1. The van der Waals surface area contributed by atoms with Crippen LogP contribution in [0, 0.1) is 10.1 Å². The van der Waals surface area contributed by atoms with Crippen LogP contribution in [-0.2, 0) is 9.53 Å². The molecule has 0 aliphatic heterocycles. The molecule has 10 nitrogen and oxygen atoms in total. The molecule has 0 radical (unpaired) electrons. The molecule has 0 bridgehead atoms. The highest BCUT2D eigenvalue weighted by atomic mass is 79.9. The third kappa shape index (κ3) is 5.76. The minimum Gasteiger partial charge on any atom is -0.471 e. The summed E-state index contributed by atoms with van der Waals surface area (Å²) < 4.78 is 12.3. The molecule has 35 heavy (non-hydrogen) atoms. The van der Waals surface area contributed by atoms with Crippen LogP contribution in [0.5, 0.6) is 5.75 Å². The van der Waals surface area contributed by atoms with E-state index in [1.165, 1.54) is 37.1 Å². The molecule has 0 spiro atoms. The minimum atomic E-state index is -1.06. The first kappa shape index (κ1) is 26.5. The lowest BCUT2D eigenvalue weighted by Gasteiger charge is -2.15. The number of ether oxygens (including phenoxy) is 2. The molecular weight excluding hydrogens is 588 g/mol. The number of nitrogens with zero attached hydrogens (tertiary/aromatic N) is 4. The SMILES string of the molecule is CC[C@H](C)c1nc2ccc(Br)cc2c(=O)n1N=Cc1cc(Br)c(O[C@H](C)C(=O)OC)c([N+](=O)[O-])c1. The molecule has 0 saturated heterocycles. The number of carbonyl (C=O) groups is 1. The molecular formula is C23H22Br2N4O6. The second kappa shape index (κ2) is 11.1. The summed E-state index contributed by atoms with van der Waals surface area (Å²) >= 11 is 6.64. The molecule has 0 unspecified atom stereocenters. The highest BCUT2D eigenvalue weighted by Gasteiger charge is 2.25. The maximum Gasteiger partial charge on any atom is 0.346 e. The van der Waals surface area contributed by atoms with Gasteiger partial charge in [0, 0.05) is 22.0 Å². The van der Waals surface area contributed by atoms with Gasteiger partial charge in [0.2, 0.25) is 5.75 Å². The first-order valence-corrected chi connectivity index (χ1v) is 12.1. The molecule has 3 aromatic rings. The van der Waals surface area contributed by atoms with Crippen LogP contribution in [0.4, 0.5) is 5.69 Å². The van der Waals surface area contributed by atoms with Gasteiger partial charge in [-0.3, -0.25) is 14.9 Å². The van der Waals surface area contributed by atoms with Gasteiger partial charge in [0.05, 0.1) is 33.6 Å². The fourth-order valence-electron chi connectivity index (χ4n) is 3.22. The van der Waals surface area contributed by atoms with Crippen molar-refractivity contribution in [1.29, 1.82) is 0 Å². The van der Waals surface area contributed by atoms with Gasteiger partial charge < -0.3 is 9.47 Å². The molecule has 0 aliphatic rings. The Hall–Kier alpha value is -3.12. The summed E-state index contributed by atoms with van der Waals surface area (Å²) in [5.41, 5.74) is 0.146. The van der Waals surface area contributed by atoms with E-state index in [2.05, 4.69) is 46.7 Å². The van der Waals surface area contributed by atoms with Crippen LogP contribution < -0.4 is 10.3 Å². The van der Waals surface area contributed by atoms with E-state index < -0.39 is 17.0 Å². The highest BCUT2D eigenvalue weighted by Crippen LogP contribution is 2.37. The van der Waals surface area contributed by atoms with Gasteiger partial charge in [0.1, 0.15) is 5.82 Å². The molecule has 0 aliphatic carbocycles. The quantitative estimate of drug-likeness (QED) is 0.149.